The van der Waals surface area contributed by atoms with Crippen LogP contribution in [-0.2, 0) is 23.9 Å². The van der Waals surface area contributed by atoms with Crippen LogP contribution in [0, 0.1) is 25.7 Å². The zero-order valence-electron chi connectivity index (χ0n) is 21.5. The van der Waals surface area contributed by atoms with Crippen molar-refractivity contribution in [3.63, 3.8) is 0 Å². The van der Waals surface area contributed by atoms with Crippen LogP contribution in [0.4, 0.5) is 19.0 Å². The highest BCUT2D eigenvalue weighted by atomic mass is 19.4. The first kappa shape index (κ1) is 24.7. The third kappa shape index (κ3) is 4.72. The molecule has 2 saturated heterocycles. The maximum Gasteiger partial charge on any atom is 0.416 e. The number of nitrogens with zero attached hydrogens (tertiary/aromatic N) is 5. The molecule has 0 amide bonds. The molecule has 0 spiro atoms. The van der Waals surface area contributed by atoms with Crippen molar-refractivity contribution in [1.82, 2.24) is 19.5 Å². The van der Waals surface area contributed by atoms with Gasteiger partial charge in [0.05, 0.1) is 30.2 Å². The summed E-state index contributed by atoms with van der Waals surface area (Å²) in [7, 11) is 0. The van der Waals surface area contributed by atoms with Crippen molar-refractivity contribution in [3.05, 3.63) is 57.9 Å². The van der Waals surface area contributed by atoms with Gasteiger partial charge in [-0.2, -0.15) is 13.2 Å². The summed E-state index contributed by atoms with van der Waals surface area (Å²) in [4.78, 5) is 9.64. The molecule has 0 atom stereocenters. The van der Waals surface area contributed by atoms with Gasteiger partial charge in [0.1, 0.15) is 5.82 Å². The lowest BCUT2D eigenvalue weighted by atomic mass is 9.72. The van der Waals surface area contributed by atoms with E-state index in [4.69, 9.17) is 14.8 Å². The van der Waals surface area contributed by atoms with Crippen LogP contribution in [0.1, 0.15) is 52.9 Å². The van der Waals surface area contributed by atoms with Crippen LogP contribution in [-0.4, -0.2) is 58.9 Å². The van der Waals surface area contributed by atoms with Crippen molar-refractivity contribution in [2.24, 2.45) is 11.8 Å². The van der Waals surface area contributed by atoms with E-state index in [0.717, 1.165) is 72.5 Å². The number of aryl methyl sites for hydroxylation is 1. The predicted octanol–water partition coefficient (Wildman–Crippen LogP) is 5.02. The van der Waals surface area contributed by atoms with Crippen LogP contribution in [0.15, 0.2) is 24.3 Å². The molecule has 3 aliphatic rings. The van der Waals surface area contributed by atoms with E-state index in [2.05, 4.69) is 15.9 Å². The summed E-state index contributed by atoms with van der Waals surface area (Å²) >= 11 is 0. The lowest BCUT2D eigenvalue weighted by Gasteiger charge is -2.46. The molecule has 6 nitrogen and oxygen atoms in total. The predicted molar refractivity (Wildman–Crippen MR) is 136 cm³/mol. The minimum Gasteiger partial charge on any atom is -0.378 e. The number of hydrogen-bond donors (Lipinski definition) is 0. The number of likely N-dealkylation sites (tertiary alicyclic amines) is 1. The van der Waals surface area contributed by atoms with Crippen LogP contribution in [0.5, 0.6) is 0 Å². The molecule has 0 N–H and O–H groups in total. The number of anilines is 1. The molecule has 0 bridgehead atoms. The molecule has 0 unspecified atom stereocenters. The van der Waals surface area contributed by atoms with E-state index in [1.807, 2.05) is 11.4 Å². The molecular formula is C28H34F3N5O. The Hall–Kier alpha value is -2.65. The Kier molecular flexibility index (Phi) is 6.39. The Balaban J connectivity index is 1.37. The number of fused-ring (bicyclic) bond motifs is 1. The van der Waals surface area contributed by atoms with E-state index in [1.54, 1.807) is 13.0 Å². The van der Waals surface area contributed by atoms with Crippen molar-refractivity contribution >= 4 is 11.5 Å². The van der Waals surface area contributed by atoms with E-state index >= 15 is 0 Å². The molecule has 1 saturated carbocycles. The lowest BCUT2D eigenvalue weighted by Crippen LogP contribution is -2.50. The summed E-state index contributed by atoms with van der Waals surface area (Å²) < 4.78 is 48.4. The second-order valence-corrected chi connectivity index (χ2v) is 10.9. The smallest absolute Gasteiger partial charge is 0.378 e. The number of ether oxygens (including phenoxy) is 1. The van der Waals surface area contributed by atoms with Gasteiger partial charge in [0, 0.05) is 39.1 Å². The van der Waals surface area contributed by atoms with E-state index in [9.17, 15) is 13.2 Å². The molecule has 37 heavy (non-hydrogen) atoms. The van der Waals surface area contributed by atoms with Crippen LogP contribution in [0.3, 0.4) is 0 Å². The molecule has 3 aromatic rings. The van der Waals surface area contributed by atoms with Gasteiger partial charge in [-0.25, -0.2) is 9.50 Å². The normalized spacial score (nSPS) is 19.9. The Morgan fingerprint density at radius 3 is 2.49 bits per heavy atom. The fourth-order valence-electron chi connectivity index (χ4n) is 6.02. The molecule has 2 aromatic heterocycles. The lowest BCUT2D eigenvalue weighted by molar-refractivity contribution is -0.138. The molecule has 9 heteroatoms. The topological polar surface area (TPSA) is 45.9 Å². The molecular weight excluding hydrogens is 479 g/mol. The monoisotopic (exact) mass is 513 g/mol. The Morgan fingerprint density at radius 1 is 1.05 bits per heavy atom. The zero-order valence-corrected chi connectivity index (χ0v) is 21.5. The first-order valence-electron chi connectivity index (χ1n) is 13.4. The second kappa shape index (κ2) is 9.58. The maximum atomic E-state index is 13.7. The standard InChI is InChI=1S/C28H34F3N5O/c1-18-13-26(35-9-11-37-12-10-35)33-36-25(14-21-7-4-8-23(19(21)2)28(29,30)31)24(32-27(18)36)17-34-15-22(16-34)20-5-3-6-20/h4,7-8,13,20,22H,3,5-6,9-12,14-17H2,1-2H3. The zero-order chi connectivity index (χ0) is 25.7. The Bertz CT molecular complexity index is 1290. The summed E-state index contributed by atoms with van der Waals surface area (Å²) in [5, 5.41) is 4.98. The van der Waals surface area contributed by atoms with E-state index in [0.29, 0.717) is 31.7 Å². The van der Waals surface area contributed by atoms with Gasteiger partial charge in [-0.15, -0.1) is 5.10 Å². The number of halogens is 3. The SMILES string of the molecule is Cc1c(Cc2c(CN3CC(C4CCC4)C3)nc3c(C)cc(N4CCOCC4)nn23)cccc1C(F)(F)F. The van der Waals surface area contributed by atoms with Crippen molar-refractivity contribution in [1.29, 1.82) is 0 Å². The number of aromatic nitrogens is 3. The van der Waals surface area contributed by atoms with Crippen LogP contribution in [0.2, 0.25) is 0 Å². The van der Waals surface area contributed by atoms with Crippen LogP contribution >= 0.6 is 0 Å². The van der Waals surface area contributed by atoms with Crippen molar-refractivity contribution in [2.75, 3.05) is 44.3 Å². The van der Waals surface area contributed by atoms with Gasteiger partial charge in [-0.3, -0.25) is 4.90 Å². The minimum atomic E-state index is -4.38. The van der Waals surface area contributed by atoms with Gasteiger partial charge >= 0.3 is 6.18 Å². The molecule has 0 radical (unpaired) electrons. The molecule has 6 rings (SSSR count). The molecule has 4 heterocycles. The third-order valence-electron chi connectivity index (χ3n) is 8.55. The molecule has 2 aliphatic heterocycles. The number of alkyl halides is 3. The second-order valence-electron chi connectivity index (χ2n) is 10.9. The van der Waals surface area contributed by atoms with Gasteiger partial charge in [-0.05, 0) is 54.5 Å². The van der Waals surface area contributed by atoms with E-state index in [-0.39, 0.29) is 5.56 Å². The summed E-state index contributed by atoms with van der Waals surface area (Å²) in [6.45, 7) is 9.29. The summed E-state index contributed by atoms with van der Waals surface area (Å²) in [5.74, 6) is 2.49. The molecule has 1 aliphatic carbocycles. The van der Waals surface area contributed by atoms with Crippen molar-refractivity contribution in [2.45, 2.75) is 52.3 Å². The number of rotatable bonds is 6. The van der Waals surface area contributed by atoms with Gasteiger partial charge < -0.3 is 9.64 Å². The number of hydrogen-bond acceptors (Lipinski definition) is 5. The fraction of sp³-hybridized carbons (Fsp3) is 0.571. The highest BCUT2D eigenvalue weighted by Crippen LogP contribution is 2.39. The Labute approximate surface area is 215 Å². The Morgan fingerprint density at radius 2 is 1.81 bits per heavy atom. The third-order valence-corrected chi connectivity index (χ3v) is 8.55. The van der Waals surface area contributed by atoms with Gasteiger partial charge in [0.25, 0.3) is 0 Å². The van der Waals surface area contributed by atoms with Crippen LogP contribution in [0.25, 0.3) is 5.65 Å². The summed E-state index contributed by atoms with van der Waals surface area (Å²) in [6, 6.07) is 6.52. The average molecular weight is 514 g/mol. The van der Waals surface area contributed by atoms with E-state index < -0.39 is 11.7 Å². The molecule has 3 fully saturated rings. The number of benzene rings is 1. The average Bonchev–Trinajstić information content (AvgIpc) is 3.15. The molecule has 1 aromatic carbocycles. The largest absolute Gasteiger partial charge is 0.416 e. The van der Waals surface area contributed by atoms with E-state index in [1.165, 1.54) is 25.3 Å². The molecule has 198 valence electrons. The first-order valence-corrected chi connectivity index (χ1v) is 13.4. The van der Waals surface area contributed by atoms with Crippen molar-refractivity contribution < 1.29 is 17.9 Å². The number of imidazole rings is 1. The summed E-state index contributed by atoms with van der Waals surface area (Å²) in [5.41, 5.74) is 3.94. The minimum absolute atomic E-state index is 0.269. The van der Waals surface area contributed by atoms with Gasteiger partial charge in [0.15, 0.2) is 5.65 Å². The highest BCUT2D eigenvalue weighted by molar-refractivity contribution is 5.56. The maximum absolute atomic E-state index is 13.7. The summed E-state index contributed by atoms with van der Waals surface area (Å²) in [6.07, 6.45) is 0.0192. The van der Waals surface area contributed by atoms with Gasteiger partial charge in [0.2, 0.25) is 0 Å². The fourth-order valence-corrected chi connectivity index (χ4v) is 6.02. The highest BCUT2D eigenvalue weighted by Gasteiger charge is 2.37. The van der Waals surface area contributed by atoms with Crippen molar-refractivity contribution in [3.8, 4) is 0 Å². The first-order chi connectivity index (χ1) is 17.8. The van der Waals surface area contributed by atoms with Gasteiger partial charge in [-0.1, -0.05) is 31.4 Å². The van der Waals surface area contributed by atoms with Crippen LogP contribution < -0.4 is 4.90 Å². The number of morpholine rings is 1. The quantitative estimate of drug-likeness (QED) is 0.463.